The average Bonchev–Trinajstić information content (AvgIpc) is 2.94. The van der Waals surface area contributed by atoms with Gasteiger partial charge in [0.05, 0.1) is 12.8 Å². The number of H-pyrrole nitrogens is 1. The predicted octanol–water partition coefficient (Wildman–Crippen LogP) is 2.69. The molecule has 0 aliphatic heterocycles. The van der Waals surface area contributed by atoms with Gasteiger partial charge in [0.15, 0.2) is 5.65 Å². The van der Waals surface area contributed by atoms with Gasteiger partial charge in [-0.2, -0.15) is 5.10 Å². The fraction of sp³-hybridized carbons (Fsp3) is 0.353. The molecular weight excluding hydrogens is 292 g/mol. The molecular formula is C17H20N4O2. The largest absolute Gasteiger partial charge is 0.494 e. The van der Waals surface area contributed by atoms with Crippen molar-refractivity contribution in [1.29, 1.82) is 0 Å². The Labute approximate surface area is 134 Å². The van der Waals surface area contributed by atoms with Crippen molar-refractivity contribution in [2.24, 2.45) is 0 Å². The summed E-state index contributed by atoms with van der Waals surface area (Å²) >= 11 is 0. The molecule has 0 unspecified atom stereocenters. The maximum absolute atomic E-state index is 12.2. The van der Waals surface area contributed by atoms with Gasteiger partial charge in [0, 0.05) is 12.5 Å². The number of aromatic nitrogens is 4. The van der Waals surface area contributed by atoms with Gasteiger partial charge in [-0.3, -0.25) is 4.79 Å². The zero-order valence-corrected chi connectivity index (χ0v) is 13.5. The van der Waals surface area contributed by atoms with Gasteiger partial charge in [0.1, 0.15) is 17.0 Å². The molecule has 1 N–H and O–H groups in total. The summed E-state index contributed by atoms with van der Waals surface area (Å²) in [5, 5.41) is 4.78. The number of benzene rings is 1. The normalized spacial score (nSPS) is 11.3. The molecule has 0 saturated carbocycles. The molecule has 0 bridgehead atoms. The van der Waals surface area contributed by atoms with Crippen LogP contribution in [-0.4, -0.2) is 26.4 Å². The summed E-state index contributed by atoms with van der Waals surface area (Å²) in [7, 11) is 0. The average molecular weight is 312 g/mol. The molecule has 2 aromatic heterocycles. The number of nitrogens with one attached hydrogen (secondary N) is 1. The van der Waals surface area contributed by atoms with Gasteiger partial charge in [-0.25, -0.2) is 9.67 Å². The van der Waals surface area contributed by atoms with E-state index < -0.39 is 0 Å². The highest BCUT2D eigenvalue weighted by Crippen LogP contribution is 2.16. The molecule has 6 nitrogen and oxygen atoms in total. The maximum Gasteiger partial charge on any atom is 0.262 e. The van der Waals surface area contributed by atoms with E-state index in [9.17, 15) is 4.79 Å². The van der Waals surface area contributed by atoms with Crippen LogP contribution in [-0.2, 0) is 6.42 Å². The third-order valence-corrected chi connectivity index (χ3v) is 3.61. The van der Waals surface area contributed by atoms with E-state index in [1.54, 1.807) is 10.9 Å². The van der Waals surface area contributed by atoms with E-state index in [2.05, 4.69) is 15.1 Å². The number of hydrogen-bond donors (Lipinski definition) is 1. The van der Waals surface area contributed by atoms with Crippen LogP contribution in [0.15, 0.2) is 35.3 Å². The Morgan fingerprint density at radius 2 is 2.00 bits per heavy atom. The van der Waals surface area contributed by atoms with Gasteiger partial charge in [0.25, 0.3) is 5.56 Å². The first kappa shape index (κ1) is 15.3. The minimum Gasteiger partial charge on any atom is -0.494 e. The van der Waals surface area contributed by atoms with E-state index in [4.69, 9.17) is 4.74 Å². The van der Waals surface area contributed by atoms with Crippen LogP contribution < -0.4 is 10.3 Å². The van der Waals surface area contributed by atoms with Crippen molar-refractivity contribution in [3.05, 3.63) is 52.2 Å². The van der Waals surface area contributed by atoms with Crippen molar-refractivity contribution in [3.8, 4) is 5.75 Å². The molecule has 0 fully saturated rings. The van der Waals surface area contributed by atoms with E-state index in [1.807, 2.05) is 45.0 Å². The summed E-state index contributed by atoms with van der Waals surface area (Å²) in [5.41, 5.74) is 1.54. The second kappa shape index (κ2) is 6.24. The molecule has 0 saturated heterocycles. The SMILES string of the molecule is CCOc1ccc(Cc2nc3c(cnn3C(C)C)c(=O)[nH]2)cc1. The molecule has 0 atom stereocenters. The van der Waals surface area contributed by atoms with Crippen molar-refractivity contribution < 1.29 is 4.74 Å². The fourth-order valence-electron chi connectivity index (χ4n) is 2.51. The molecule has 23 heavy (non-hydrogen) atoms. The van der Waals surface area contributed by atoms with Crippen molar-refractivity contribution in [2.45, 2.75) is 33.2 Å². The summed E-state index contributed by atoms with van der Waals surface area (Å²) in [4.78, 5) is 19.6. The molecule has 2 heterocycles. The molecule has 0 aliphatic rings. The van der Waals surface area contributed by atoms with Gasteiger partial charge >= 0.3 is 0 Å². The molecule has 0 radical (unpaired) electrons. The Hall–Kier alpha value is -2.63. The Kier molecular flexibility index (Phi) is 4.14. The van der Waals surface area contributed by atoms with Crippen LogP contribution in [0.25, 0.3) is 11.0 Å². The topological polar surface area (TPSA) is 72.8 Å². The van der Waals surface area contributed by atoms with Crippen LogP contribution >= 0.6 is 0 Å². The van der Waals surface area contributed by atoms with Gasteiger partial charge < -0.3 is 9.72 Å². The standard InChI is InChI=1S/C17H20N4O2/c1-4-23-13-7-5-12(6-8-13)9-15-19-16-14(17(22)20-15)10-18-21(16)11(2)3/h5-8,10-11H,4,9H2,1-3H3,(H,19,20,22). The first-order valence-electron chi connectivity index (χ1n) is 7.76. The lowest BCUT2D eigenvalue weighted by Gasteiger charge is -2.08. The number of nitrogens with zero attached hydrogens (tertiary/aromatic N) is 3. The highest BCUT2D eigenvalue weighted by molar-refractivity contribution is 5.73. The highest BCUT2D eigenvalue weighted by atomic mass is 16.5. The zero-order chi connectivity index (χ0) is 16.4. The Balaban J connectivity index is 1.93. The molecule has 6 heteroatoms. The van der Waals surface area contributed by atoms with Gasteiger partial charge in [-0.05, 0) is 38.5 Å². The molecule has 0 aliphatic carbocycles. The third kappa shape index (κ3) is 3.11. The minimum absolute atomic E-state index is 0.150. The van der Waals surface area contributed by atoms with E-state index >= 15 is 0 Å². The Bertz CT molecular complexity index is 862. The smallest absolute Gasteiger partial charge is 0.262 e. The number of fused-ring (bicyclic) bond motifs is 1. The van der Waals surface area contributed by atoms with Crippen LogP contribution in [0.3, 0.4) is 0 Å². The molecule has 1 aromatic carbocycles. The summed E-state index contributed by atoms with van der Waals surface area (Å²) in [6, 6.07) is 7.96. The number of hydrogen-bond acceptors (Lipinski definition) is 4. The van der Waals surface area contributed by atoms with Gasteiger partial charge in [-0.15, -0.1) is 0 Å². The van der Waals surface area contributed by atoms with Crippen LogP contribution in [0.2, 0.25) is 0 Å². The van der Waals surface area contributed by atoms with Crippen molar-refractivity contribution in [3.63, 3.8) is 0 Å². The lowest BCUT2D eigenvalue weighted by atomic mass is 10.1. The monoisotopic (exact) mass is 312 g/mol. The minimum atomic E-state index is -0.150. The van der Waals surface area contributed by atoms with Gasteiger partial charge in [-0.1, -0.05) is 12.1 Å². The van der Waals surface area contributed by atoms with Crippen LogP contribution in [0, 0.1) is 0 Å². The van der Waals surface area contributed by atoms with Crippen LogP contribution in [0.4, 0.5) is 0 Å². The highest BCUT2D eigenvalue weighted by Gasteiger charge is 2.12. The first-order chi connectivity index (χ1) is 11.1. The fourth-order valence-corrected chi connectivity index (χ4v) is 2.51. The molecule has 120 valence electrons. The predicted molar refractivity (Wildman–Crippen MR) is 89.0 cm³/mol. The number of aromatic amines is 1. The van der Waals surface area contributed by atoms with E-state index in [-0.39, 0.29) is 11.6 Å². The number of ether oxygens (including phenoxy) is 1. The van der Waals surface area contributed by atoms with Gasteiger partial charge in [0.2, 0.25) is 0 Å². The summed E-state index contributed by atoms with van der Waals surface area (Å²) < 4.78 is 7.20. The third-order valence-electron chi connectivity index (χ3n) is 3.61. The van der Waals surface area contributed by atoms with Crippen molar-refractivity contribution >= 4 is 11.0 Å². The Morgan fingerprint density at radius 1 is 1.26 bits per heavy atom. The second-order valence-corrected chi connectivity index (χ2v) is 5.69. The maximum atomic E-state index is 12.2. The molecule has 0 spiro atoms. The first-order valence-corrected chi connectivity index (χ1v) is 7.76. The quantitative estimate of drug-likeness (QED) is 0.786. The molecule has 0 amide bonds. The molecule has 3 aromatic rings. The lowest BCUT2D eigenvalue weighted by Crippen LogP contribution is -2.13. The van der Waals surface area contributed by atoms with Crippen molar-refractivity contribution in [2.75, 3.05) is 6.61 Å². The summed E-state index contributed by atoms with van der Waals surface area (Å²) in [6.07, 6.45) is 2.13. The lowest BCUT2D eigenvalue weighted by molar-refractivity contribution is 0.340. The van der Waals surface area contributed by atoms with E-state index in [0.717, 1.165) is 11.3 Å². The summed E-state index contributed by atoms with van der Waals surface area (Å²) in [5.74, 6) is 1.47. The Morgan fingerprint density at radius 3 is 2.65 bits per heavy atom. The summed E-state index contributed by atoms with van der Waals surface area (Å²) in [6.45, 7) is 6.63. The van der Waals surface area contributed by atoms with E-state index in [1.165, 1.54) is 0 Å². The second-order valence-electron chi connectivity index (χ2n) is 5.69. The zero-order valence-electron chi connectivity index (χ0n) is 13.5. The molecule has 3 rings (SSSR count). The van der Waals surface area contributed by atoms with E-state index in [0.29, 0.717) is 29.9 Å². The van der Waals surface area contributed by atoms with Crippen molar-refractivity contribution in [1.82, 2.24) is 19.7 Å². The van der Waals surface area contributed by atoms with Crippen LogP contribution in [0.5, 0.6) is 5.75 Å². The van der Waals surface area contributed by atoms with Crippen LogP contribution in [0.1, 0.15) is 38.2 Å². The number of rotatable bonds is 5.